The zero-order valence-electron chi connectivity index (χ0n) is 8.07. The van der Waals surface area contributed by atoms with Gasteiger partial charge in [0.1, 0.15) is 0 Å². The molecule has 0 saturated heterocycles. The molecule has 68 valence electrons. The van der Waals surface area contributed by atoms with Gasteiger partial charge in [-0.15, -0.1) is 0 Å². The fourth-order valence-electron chi connectivity index (χ4n) is 1.21. The van der Waals surface area contributed by atoms with E-state index in [1.807, 2.05) is 0 Å². The molecule has 0 spiro atoms. The van der Waals surface area contributed by atoms with Gasteiger partial charge in [0, 0.05) is 4.83 Å². The maximum atomic E-state index is 3.69. The van der Waals surface area contributed by atoms with Crippen molar-refractivity contribution in [2.24, 2.45) is 5.92 Å². The summed E-state index contributed by atoms with van der Waals surface area (Å²) in [6, 6.07) is 0. The highest BCUT2D eigenvalue weighted by Crippen LogP contribution is 2.17. The van der Waals surface area contributed by atoms with Crippen molar-refractivity contribution >= 4 is 15.9 Å². The molecule has 0 heterocycles. The number of hydrogen-bond acceptors (Lipinski definition) is 0. The van der Waals surface area contributed by atoms with E-state index in [9.17, 15) is 0 Å². The van der Waals surface area contributed by atoms with Crippen LogP contribution >= 0.6 is 15.9 Å². The lowest BCUT2D eigenvalue weighted by molar-refractivity contribution is 0.526. The summed E-state index contributed by atoms with van der Waals surface area (Å²) < 4.78 is 0. The van der Waals surface area contributed by atoms with Crippen molar-refractivity contribution < 1.29 is 0 Å². The van der Waals surface area contributed by atoms with Crippen LogP contribution in [0.15, 0.2) is 0 Å². The van der Waals surface area contributed by atoms with E-state index in [1.54, 1.807) is 0 Å². The van der Waals surface area contributed by atoms with E-state index in [-0.39, 0.29) is 0 Å². The van der Waals surface area contributed by atoms with Gasteiger partial charge in [0.25, 0.3) is 0 Å². The van der Waals surface area contributed by atoms with Crippen LogP contribution in [0.4, 0.5) is 0 Å². The highest BCUT2D eigenvalue weighted by molar-refractivity contribution is 9.09. The van der Waals surface area contributed by atoms with E-state index >= 15 is 0 Å². The molecule has 1 heteroatoms. The van der Waals surface area contributed by atoms with Gasteiger partial charge in [-0.05, 0) is 18.8 Å². The first kappa shape index (κ1) is 11.5. The van der Waals surface area contributed by atoms with E-state index in [0.717, 1.165) is 10.7 Å². The minimum absolute atomic E-state index is 0.770. The second kappa shape index (κ2) is 7.15. The molecule has 0 aromatic heterocycles. The lowest BCUT2D eigenvalue weighted by Crippen LogP contribution is -1.98. The zero-order valence-corrected chi connectivity index (χ0v) is 9.65. The number of rotatable bonds is 6. The van der Waals surface area contributed by atoms with Crippen molar-refractivity contribution in [2.45, 2.75) is 57.7 Å². The quantitative estimate of drug-likeness (QED) is 0.584. The lowest BCUT2D eigenvalue weighted by Gasteiger charge is -2.08. The second-order valence-corrected chi connectivity index (χ2v) is 5.01. The predicted molar refractivity (Wildman–Crippen MR) is 56.3 cm³/mol. The highest BCUT2D eigenvalue weighted by Gasteiger charge is 2.02. The first-order valence-corrected chi connectivity index (χ1v) is 5.72. The third-order valence-electron chi connectivity index (χ3n) is 1.90. The van der Waals surface area contributed by atoms with Crippen LogP contribution in [0.2, 0.25) is 0 Å². The molecule has 0 aliphatic carbocycles. The predicted octanol–water partition coefficient (Wildman–Crippen LogP) is 4.38. The molecule has 1 atom stereocenters. The van der Waals surface area contributed by atoms with Crippen molar-refractivity contribution in [3.8, 4) is 0 Å². The molecule has 0 fully saturated rings. The van der Waals surface area contributed by atoms with Crippen LogP contribution in [0, 0.1) is 5.92 Å². The monoisotopic (exact) mass is 220 g/mol. The Balaban J connectivity index is 3.10. The van der Waals surface area contributed by atoms with E-state index in [2.05, 4.69) is 36.7 Å². The largest absolute Gasteiger partial charge is 0.0891 e. The first-order valence-electron chi connectivity index (χ1n) is 4.80. The summed E-state index contributed by atoms with van der Waals surface area (Å²) in [5.74, 6) is 0.872. The van der Waals surface area contributed by atoms with Gasteiger partial charge in [-0.1, -0.05) is 56.0 Å². The van der Waals surface area contributed by atoms with E-state index in [4.69, 9.17) is 0 Å². The molecular weight excluding hydrogens is 200 g/mol. The summed E-state index contributed by atoms with van der Waals surface area (Å²) in [6.45, 7) is 6.84. The molecule has 0 rings (SSSR count). The average molecular weight is 221 g/mol. The molecule has 0 bridgehead atoms. The average Bonchev–Trinajstić information content (AvgIpc) is 1.87. The standard InChI is InChI=1S/C10H21Br/c1-4-6-10(11)8-5-7-9(2)3/h9-10H,4-8H2,1-3H3. The van der Waals surface area contributed by atoms with Gasteiger partial charge in [0.15, 0.2) is 0 Å². The van der Waals surface area contributed by atoms with Gasteiger partial charge in [-0.25, -0.2) is 0 Å². The Bertz CT molecular complexity index is 78.9. The van der Waals surface area contributed by atoms with Gasteiger partial charge in [-0.2, -0.15) is 0 Å². The molecule has 0 saturated carbocycles. The first-order chi connectivity index (χ1) is 5.16. The Kier molecular flexibility index (Phi) is 7.46. The van der Waals surface area contributed by atoms with Crippen molar-refractivity contribution in [3.63, 3.8) is 0 Å². The van der Waals surface area contributed by atoms with Gasteiger partial charge in [0.05, 0.1) is 0 Å². The van der Waals surface area contributed by atoms with Gasteiger partial charge in [0.2, 0.25) is 0 Å². The Morgan fingerprint density at radius 1 is 1.09 bits per heavy atom. The maximum absolute atomic E-state index is 3.69. The Morgan fingerprint density at radius 3 is 2.18 bits per heavy atom. The number of hydrogen-bond donors (Lipinski definition) is 0. The fourth-order valence-corrected chi connectivity index (χ4v) is 1.99. The third-order valence-corrected chi connectivity index (χ3v) is 2.82. The normalized spacial score (nSPS) is 13.9. The molecule has 0 N–H and O–H groups in total. The molecule has 0 radical (unpaired) electrons. The molecule has 11 heavy (non-hydrogen) atoms. The highest BCUT2D eigenvalue weighted by atomic mass is 79.9. The smallest absolute Gasteiger partial charge is 0.0145 e. The molecule has 1 unspecified atom stereocenters. The van der Waals surface area contributed by atoms with Crippen molar-refractivity contribution in [1.82, 2.24) is 0 Å². The lowest BCUT2D eigenvalue weighted by atomic mass is 10.0. The molecule has 0 aliphatic rings. The number of halogens is 1. The van der Waals surface area contributed by atoms with Gasteiger partial charge >= 0.3 is 0 Å². The molecule has 0 amide bonds. The molecule has 0 aromatic carbocycles. The van der Waals surface area contributed by atoms with E-state index in [1.165, 1.54) is 32.1 Å². The van der Waals surface area contributed by atoms with Crippen LogP contribution in [0.3, 0.4) is 0 Å². The molecule has 0 aromatic rings. The Hall–Kier alpha value is 0.480. The van der Waals surface area contributed by atoms with Crippen LogP contribution in [-0.4, -0.2) is 4.83 Å². The van der Waals surface area contributed by atoms with E-state index in [0.29, 0.717) is 0 Å². The van der Waals surface area contributed by atoms with Crippen LogP contribution in [0.5, 0.6) is 0 Å². The summed E-state index contributed by atoms with van der Waals surface area (Å²) in [5.41, 5.74) is 0. The molecule has 0 nitrogen and oxygen atoms in total. The third kappa shape index (κ3) is 8.39. The zero-order chi connectivity index (χ0) is 8.69. The summed E-state index contributed by atoms with van der Waals surface area (Å²) in [5, 5.41) is 0. The number of alkyl halides is 1. The summed E-state index contributed by atoms with van der Waals surface area (Å²) in [4.78, 5) is 0.770. The summed E-state index contributed by atoms with van der Waals surface area (Å²) in [6.07, 6.45) is 6.75. The topological polar surface area (TPSA) is 0 Å². The second-order valence-electron chi connectivity index (χ2n) is 3.71. The Labute approximate surface area is 79.9 Å². The molecular formula is C10H21Br. The fraction of sp³-hybridized carbons (Fsp3) is 1.00. The summed E-state index contributed by atoms with van der Waals surface area (Å²) >= 11 is 3.69. The van der Waals surface area contributed by atoms with E-state index < -0.39 is 0 Å². The van der Waals surface area contributed by atoms with Crippen molar-refractivity contribution in [2.75, 3.05) is 0 Å². The van der Waals surface area contributed by atoms with Gasteiger partial charge < -0.3 is 0 Å². The minimum atomic E-state index is 0.770. The molecule has 0 aliphatic heterocycles. The van der Waals surface area contributed by atoms with Crippen LogP contribution in [0.25, 0.3) is 0 Å². The van der Waals surface area contributed by atoms with Crippen molar-refractivity contribution in [1.29, 1.82) is 0 Å². The maximum Gasteiger partial charge on any atom is 0.0145 e. The van der Waals surface area contributed by atoms with Gasteiger partial charge in [-0.3, -0.25) is 0 Å². The van der Waals surface area contributed by atoms with Crippen molar-refractivity contribution in [3.05, 3.63) is 0 Å². The SMILES string of the molecule is CCCC(Br)CCCC(C)C. The van der Waals surface area contributed by atoms with Crippen LogP contribution in [0.1, 0.15) is 52.9 Å². The Morgan fingerprint density at radius 2 is 1.73 bits per heavy atom. The summed E-state index contributed by atoms with van der Waals surface area (Å²) in [7, 11) is 0. The van der Waals surface area contributed by atoms with Crippen LogP contribution in [-0.2, 0) is 0 Å². The minimum Gasteiger partial charge on any atom is -0.0891 e. The van der Waals surface area contributed by atoms with Crippen LogP contribution < -0.4 is 0 Å².